The molecule has 32 heavy (non-hydrogen) atoms. The van der Waals surface area contributed by atoms with E-state index in [4.69, 9.17) is 4.42 Å². The first kappa shape index (κ1) is 21.8. The van der Waals surface area contributed by atoms with Gasteiger partial charge < -0.3 is 20.0 Å². The number of para-hydroxylation sites is 2. The van der Waals surface area contributed by atoms with Crippen molar-refractivity contribution in [3.8, 4) is 0 Å². The number of benzene rings is 2. The number of carbonyl (C=O) groups excluding carboxylic acids is 2. The molecule has 8 heteroatoms. The normalized spacial score (nSPS) is 12.1. The number of imidazole rings is 1. The maximum absolute atomic E-state index is 12.7. The van der Waals surface area contributed by atoms with Gasteiger partial charge in [-0.2, -0.15) is 0 Å². The van der Waals surface area contributed by atoms with Crippen molar-refractivity contribution in [1.29, 1.82) is 0 Å². The lowest BCUT2D eigenvalue weighted by Gasteiger charge is -2.20. The molecule has 0 radical (unpaired) electrons. The Morgan fingerprint density at radius 2 is 1.81 bits per heavy atom. The highest BCUT2D eigenvalue weighted by Crippen LogP contribution is 2.22. The van der Waals surface area contributed by atoms with Crippen molar-refractivity contribution in [2.24, 2.45) is 5.92 Å². The van der Waals surface area contributed by atoms with Crippen molar-refractivity contribution in [2.75, 3.05) is 5.32 Å². The molecule has 2 amide bonds. The molecule has 0 spiro atoms. The largest absolute Gasteiger partial charge is 0.444 e. The first-order valence-corrected chi connectivity index (χ1v) is 11.1. The van der Waals surface area contributed by atoms with Crippen molar-refractivity contribution in [3.05, 3.63) is 82.5 Å². The van der Waals surface area contributed by atoms with E-state index in [0.29, 0.717) is 10.4 Å². The maximum Gasteiger partial charge on any atom is 0.291 e. The Morgan fingerprint density at radius 3 is 2.47 bits per heavy atom. The first-order chi connectivity index (χ1) is 15.4. The molecule has 164 valence electrons. The molecule has 0 saturated carbocycles. The lowest BCUT2D eigenvalue weighted by molar-refractivity contribution is -0.121. The fourth-order valence-corrected chi connectivity index (χ4v) is 3.72. The quantitative estimate of drug-likeness (QED) is 0.327. The number of rotatable bonds is 7. The molecule has 7 nitrogen and oxygen atoms in total. The van der Waals surface area contributed by atoms with E-state index in [-0.39, 0.29) is 36.0 Å². The number of anilines is 1. The molecule has 0 aliphatic rings. The molecular formula is C24H23BrN4O3. The van der Waals surface area contributed by atoms with Gasteiger partial charge in [-0.15, -0.1) is 0 Å². The van der Waals surface area contributed by atoms with Gasteiger partial charge in [0, 0.05) is 5.69 Å². The Labute approximate surface area is 193 Å². The first-order valence-electron chi connectivity index (χ1n) is 10.3. The lowest BCUT2D eigenvalue weighted by atomic mass is 10.0. The summed E-state index contributed by atoms with van der Waals surface area (Å²) in [5.74, 6) is 0.690. The third-order valence-corrected chi connectivity index (χ3v) is 5.49. The van der Waals surface area contributed by atoms with Crippen molar-refractivity contribution in [3.63, 3.8) is 0 Å². The molecular weight excluding hydrogens is 472 g/mol. The third kappa shape index (κ3) is 5.08. The van der Waals surface area contributed by atoms with Crippen LogP contribution in [0.4, 0.5) is 5.69 Å². The van der Waals surface area contributed by atoms with Gasteiger partial charge in [-0.25, -0.2) is 4.98 Å². The Bertz CT molecular complexity index is 1210. The molecule has 0 aliphatic heterocycles. The highest BCUT2D eigenvalue weighted by atomic mass is 79.9. The molecule has 0 bridgehead atoms. The lowest BCUT2D eigenvalue weighted by Crippen LogP contribution is -2.33. The van der Waals surface area contributed by atoms with Crippen LogP contribution in [-0.2, 0) is 11.2 Å². The van der Waals surface area contributed by atoms with Crippen LogP contribution in [0.3, 0.4) is 0 Å². The average molecular weight is 495 g/mol. The van der Waals surface area contributed by atoms with Gasteiger partial charge in [0.25, 0.3) is 5.91 Å². The second-order valence-corrected chi connectivity index (χ2v) is 8.64. The minimum absolute atomic E-state index is 0.0959. The molecule has 2 aromatic heterocycles. The van der Waals surface area contributed by atoms with Crippen LogP contribution < -0.4 is 10.6 Å². The van der Waals surface area contributed by atoms with E-state index in [2.05, 4.69) is 36.5 Å². The Kier molecular flexibility index (Phi) is 6.41. The average Bonchev–Trinajstić information content (AvgIpc) is 3.39. The Hall–Kier alpha value is -3.39. The zero-order valence-electron chi connectivity index (χ0n) is 17.7. The van der Waals surface area contributed by atoms with Gasteiger partial charge in [0.2, 0.25) is 5.91 Å². The van der Waals surface area contributed by atoms with E-state index in [1.54, 1.807) is 24.3 Å². The number of nitrogens with one attached hydrogen (secondary N) is 3. The van der Waals surface area contributed by atoms with Crippen LogP contribution >= 0.6 is 15.9 Å². The highest BCUT2D eigenvalue weighted by Gasteiger charge is 2.22. The molecule has 2 heterocycles. The minimum Gasteiger partial charge on any atom is -0.444 e. The standard InChI is InChI=1S/C24H23BrN4O3/c1-14(2)22(23-27-17-5-3-4-6-18(17)28-23)29-21(30)13-15-7-9-16(10-8-15)26-24(31)19-11-12-20(25)32-19/h3-12,14,22H,13H2,1-2H3,(H,26,31)(H,27,28)(H,29,30). The van der Waals surface area contributed by atoms with Crippen molar-refractivity contribution in [2.45, 2.75) is 26.3 Å². The van der Waals surface area contributed by atoms with E-state index in [1.165, 1.54) is 0 Å². The summed E-state index contributed by atoms with van der Waals surface area (Å²) in [7, 11) is 0. The number of amides is 2. The number of hydrogen-bond acceptors (Lipinski definition) is 4. The summed E-state index contributed by atoms with van der Waals surface area (Å²) in [5.41, 5.74) is 3.28. The molecule has 0 fully saturated rings. The number of carbonyl (C=O) groups is 2. The predicted octanol–water partition coefficient (Wildman–Crippen LogP) is 5.23. The summed E-state index contributed by atoms with van der Waals surface area (Å²) in [4.78, 5) is 32.9. The molecule has 0 saturated heterocycles. The van der Waals surface area contributed by atoms with Gasteiger partial charge in [0.05, 0.1) is 23.5 Å². The van der Waals surface area contributed by atoms with Crippen LogP contribution in [0.25, 0.3) is 11.0 Å². The summed E-state index contributed by atoms with van der Waals surface area (Å²) < 4.78 is 5.74. The second kappa shape index (κ2) is 9.40. The van der Waals surface area contributed by atoms with E-state index >= 15 is 0 Å². The number of nitrogens with zero attached hydrogens (tertiary/aromatic N) is 1. The summed E-state index contributed by atoms with van der Waals surface area (Å²) in [6, 6.07) is 18.0. The molecule has 2 aromatic carbocycles. The summed E-state index contributed by atoms with van der Waals surface area (Å²) >= 11 is 3.18. The molecule has 1 atom stereocenters. The van der Waals surface area contributed by atoms with E-state index < -0.39 is 0 Å². The topological polar surface area (TPSA) is 100 Å². The molecule has 3 N–H and O–H groups in total. The highest BCUT2D eigenvalue weighted by molar-refractivity contribution is 9.10. The molecule has 0 aliphatic carbocycles. The fourth-order valence-electron chi connectivity index (χ4n) is 3.42. The van der Waals surface area contributed by atoms with E-state index in [0.717, 1.165) is 22.4 Å². The van der Waals surface area contributed by atoms with Gasteiger partial charge >= 0.3 is 0 Å². The minimum atomic E-state index is -0.341. The number of fused-ring (bicyclic) bond motifs is 1. The number of hydrogen-bond donors (Lipinski definition) is 3. The SMILES string of the molecule is CC(C)C(NC(=O)Cc1ccc(NC(=O)c2ccc(Br)o2)cc1)c1nc2ccccc2[nH]1. The zero-order valence-corrected chi connectivity index (χ0v) is 19.3. The number of furan rings is 1. The smallest absolute Gasteiger partial charge is 0.291 e. The number of halogens is 1. The fraction of sp³-hybridized carbons (Fsp3) is 0.208. The van der Waals surface area contributed by atoms with Crippen LogP contribution in [0.1, 0.15) is 41.8 Å². The van der Waals surface area contributed by atoms with Crippen molar-refractivity contribution >= 4 is 44.5 Å². The van der Waals surface area contributed by atoms with Crippen LogP contribution in [0, 0.1) is 5.92 Å². The number of aromatic nitrogens is 2. The molecule has 4 aromatic rings. The Balaban J connectivity index is 1.38. The van der Waals surface area contributed by atoms with Gasteiger partial charge in [-0.3, -0.25) is 9.59 Å². The van der Waals surface area contributed by atoms with Gasteiger partial charge in [-0.1, -0.05) is 38.1 Å². The summed E-state index contributed by atoms with van der Waals surface area (Å²) in [6.07, 6.45) is 0.225. The van der Waals surface area contributed by atoms with Crippen molar-refractivity contribution < 1.29 is 14.0 Å². The van der Waals surface area contributed by atoms with Crippen LogP contribution in [-0.4, -0.2) is 21.8 Å². The summed E-state index contributed by atoms with van der Waals surface area (Å²) in [5, 5.41) is 5.86. The molecule has 4 rings (SSSR count). The molecule has 1 unspecified atom stereocenters. The van der Waals surface area contributed by atoms with Gasteiger partial charge in [0.15, 0.2) is 10.4 Å². The predicted molar refractivity (Wildman–Crippen MR) is 126 cm³/mol. The zero-order chi connectivity index (χ0) is 22.7. The van der Waals surface area contributed by atoms with Crippen LogP contribution in [0.15, 0.2) is 69.8 Å². The number of H-pyrrole nitrogens is 1. The van der Waals surface area contributed by atoms with Crippen molar-refractivity contribution in [1.82, 2.24) is 15.3 Å². The Morgan fingerprint density at radius 1 is 1.06 bits per heavy atom. The van der Waals surface area contributed by atoms with Crippen LogP contribution in [0.5, 0.6) is 0 Å². The number of aromatic amines is 1. The summed E-state index contributed by atoms with van der Waals surface area (Å²) in [6.45, 7) is 4.10. The monoisotopic (exact) mass is 494 g/mol. The van der Waals surface area contributed by atoms with Gasteiger partial charge in [0.1, 0.15) is 5.82 Å². The van der Waals surface area contributed by atoms with Crippen LogP contribution in [0.2, 0.25) is 0 Å². The maximum atomic E-state index is 12.7. The van der Waals surface area contributed by atoms with E-state index in [1.807, 2.05) is 50.2 Å². The van der Waals surface area contributed by atoms with E-state index in [9.17, 15) is 9.59 Å². The third-order valence-electron chi connectivity index (χ3n) is 5.06. The second-order valence-electron chi connectivity index (χ2n) is 7.86. The van der Waals surface area contributed by atoms with Gasteiger partial charge in [-0.05, 0) is 63.8 Å².